The molecule has 0 radical (unpaired) electrons. The van der Waals surface area contributed by atoms with Crippen molar-refractivity contribution in [1.29, 1.82) is 0 Å². The van der Waals surface area contributed by atoms with Crippen LogP contribution in [0, 0.1) is 9.39 Å². The lowest BCUT2D eigenvalue weighted by Gasteiger charge is -2.10. The molecule has 0 aliphatic heterocycles. The first-order valence-corrected chi connectivity index (χ1v) is 7.65. The molecular formula is C14H9ClFIN2OS. The van der Waals surface area contributed by atoms with Gasteiger partial charge in [-0.15, -0.1) is 0 Å². The summed E-state index contributed by atoms with van der Waals surface area (Å²) >= 11 is 13.1. The van der Waals surface area contributed by atoms with E-state index in [1.54, 1.807) is 18.2 Å². The molecule has 0 aliphatic rings. The highest BCUT2D eigenvalue weighted by Crippen LogP contribution is 2.18. The van der Waals surface area contributed by atoms with E-state index in [2.05, 4.69) is 33.2 Å². The van der Waals surface area contributed by atoms with Crippen molar-refractivity contribution >= 4 is 63.1 Å². The lowest BCUT2D eigenvalue weighted by atomic mass is 10.2. The van der Waals surface area contributed by atoms with Gasteiger partial charge in [-0.05, 0) is 77.3 Å². The second kappa shape index (κ2) is 7.15. The summed E-state index contributed by atoms with van der Waals surface area (Å²) < 4.78 is 13.7. The summed E-state index contributed by atoms with van der Waals surface area (Å²) in [6, 6.07) is 10.7. The molecule has 0 spiro atoms. The first kappa shape index (κ1) is 16.1. The molecule has 0 saturated carbocycles. The van der Waals surface area contributed by atoms with Crippen LogP contribution >= 0.6 is 46.4 Å². The first-order chi connectivity index (χ1) is 9.95. The molecule has 0 bridgehead atoms. The minimum absolute atomic E-state index is 0.113. The number of anilines is 1. The van der Waals surface area contributed by atoms with Crippen molar-refractivity contribution in [3.8, 4) is 0 Å². The van der Waals surface area contributed by atoms with Crippen LogP contribution in [0.25, 0.3) is 0 Å². The van der Waals surface area contributed by atoms with Crippen molar-refractivity contribution < 1.29 is 9.18 Å². The highest BCUT2D eigenvalue weighted by atomic mass is 127. The van der Waals surface area contributed by atoms with Gasteiger partial charge in [-0.2, -0.15) is 0 Å². The van der Waals surface area contributed by atoms with Crippen molar-refractivity contribution in [2.45, 2.75) is 0 Å². The second-order valence-electron chi connectivity index (χ2n) is 4.04. The van der Waals surface area contributed by atoms with Gasteiger partial charge >= 0.3 is 0 Å². The number of rotatable bonds is 2. The summed E-state index contributed by atoms with van der Waals surface area (Å²) in [6.45, 7) is 0. The van der Waals surface area contributed by atoms with Gasteiger partial charge in [0.2, 0.25) is 0 Å². The van der Waals surface area contributed by atoms with Crippen LogP contribution in [0.3, 0.4) is 0 Å². The summed E-state index contributed by atoms with van der Waals surface area (Å²) in [4.78, 5) is 12.1. The maximum atomic E-state index is 12.8. The molecule has 3 nitrogen and oxygen atoms in total. The fraction of sp³-hybridized carbons (Fsp3) is 0. The summed E-state index contributed by atoms with van der Waals surface area (Å²) in [5, 5.41) is 5.78. The third-order valence-electron chi connectivity index (χ3n) is 2.50. The standard InChI is InChI=1S/C14H9ClFIN2OS/c15-12-6-3-9(17)7-11(12)13(20)19-14(21)18-10-4-1-8(16)2-5-10/h1-7H,(H2,18,19,20,21). The van der Waals surface area contributed by atoms with Crippen LogP contribution in [0.15, 0.2) is 42.5 Å². The number of carbonyl (C=O) groups excluding carboxylic acids is 1. The molecule has 1 amide bonds. The molecule has 2 aromatic rings. The largest absolute Gasteiger partial charge is 0.332 e. The van der Waals surface area contributed by atoms with Crippen molar-refractivity contribution in [3.63, 3.8) is 0 Å². The fourth-order valence-corrected chi connectivity index (χ4v) is 2.44. The predicted octanol–water partition coefficient (Wildman–Crippen LogP) is 4.21. The van der Waals surface area contributed by atoms with Gasteiger partial charge in [-0.25, -0.2) is 4.39 Å². The Kier molecular flexibility index (Phi) is 5.49. The molecular weight excluding hydrogens is 426 g/mol. The van der Waals surface area contributed by atoms with Crippen molar-refractivity contribution in [2.75, 3.05) is 5.32 Å². The molecule has 21 heavy (non-hydrogen) atoms. The van der Waals surface area contributed by atoms with Gasteiger partial charge in [-0.1, -0.05) is 11.6 Å². The number of hydrogen-bond donors (Lipinski definition) is 2. The highest BCUT2D eigenvalue weighted by molar-refractivity contribution is 14.1. The van der Waals surface area contributed by atoms with Crippen molar-refractivity contribution in [1.82, 2.24) is 5.32 Å². The quantitative estimate of drug-likeness (QED) is 0.550. The minimum atomic E-state index is -0.405. The molecule has 2 aromatic carbocycles. The van der Waals surface area contributed by atoms with E-state index in [-0.39, 0.29) is 10.9 Å². The Morgan fingerprint density at radius 3 is 2.52 bits per heavy atom. The molecule has 0 aromatic heterocycles. The minimum Gasteiger partial charge on any atom is -0.332 e. The molecule has 0 fully saturated rings. The van der Waals surface area contributed by atoms with Crippen LogP contribution in [-0.4, -0.2) is 11.0 Å². The zero-order valence-electron chi connectivity index (χ0n) is 10.5. The third kappa shape index (κ3) is 4.62. The van der Waals surface area contributed by atoms with Gasteiger partial charge in [0, 0.05) is 9.26 Å². The Morgan fingerprint density at radius 1 is 1.19 bits per heavy atom. The van der Waals surface area contributed by atoms with E-state index >= 15 is 0 Å². The van der Waals surface area contributed by atoms with E-state index in [9.17, 15) is 9.18 Å². The zero-order chi connectivity index (χ0) is 15.4. The van der Waals surface area contributed by atoms with Gasteiger partial charge in [0.15, 0.2) is 5.11 Å². The van der Waals surface area contributed by atoms with Gasteiger partial charge in [-0.3, -0.25) is 10.1 Å². The van der Waals surface area contributed by atoms with Crippen LogP contribution < -0.4 is 10.6 Å². The third-order valence-corrected chi connectivity index (χ3v) is 3.71. The Labute approximate surface area is 145 Å². The Hall–Kier alpha value is -1.25. The van der Waals surface area contributed by atoms with Gasteiger partial charge < -0.3 is 5.32 Å². The van der Waals surface area contributed by atoms with E-state index in [1.165, 1.54) is 24.3 Å². The van der Waals surface area contributed by atoms with Crippen molar-refractivity contribution in [2.24, 2.45) is 0 Å². The summed E-state index contributed by atoms with van der Waals surface area (Å²) in [7, 11) is 0. The first-order valence-electron chi connectivity index (χ1n) is 5.78. The fourth-order valence-electron chi connectivity index (χ4n) is 1.54. The number of halogens is 3. The van der Waals surface area contributed by atoms with Crippen LogP contribution in [0.4, 0.5) is 10.1 Å². The number of amides is 1. The maximum absolute atomic E-state index is 12.8. The van der Waals surface area contributed by atoms with E-state index < -0.39 is 5.91 Å². The number of carbonyl (C=O) groups is 1. The molecule has 0 saturated heterocycles. The molecule has 108 valence electrons. The normalized spacial score (nSPS) is 10.0. The number of nitrogens with one attached hydrogen (secondary N) is 2. The maximum Gasteiger partial charge on any atom is 0.258 e. The predicted molar refractivity (Wildman–Crippen MR) is 94.3 cm³/mol. The van der Waals surface area contributed by atoms with E-state index in [0.29, 0.717) is 16.3 Å². The number of hydrogen-bond acceptors (Lipinski definition) is 2. The molecule has 2 N–H and O–H groups in total. The van der Waals surface area contributed by atoms with Gasteiger partial charge in [0.05, 0.1) is 10.6 Å². The van der Waals surface area contributed by atoms with Crippen LogP contribution in [0.5, 0.6) is 0 Å². The summed E-state index contributed by atoms with van der Waals surface area (Å²) in [5.41, 5.74) is 0.919. The molecule has 0 heterocycles. The Balaban J connectivity index is 2.03. The molecule has 0 aliphatic carbocycles. The smallest absolute Gasteiger partial charge is 0.258 e. The van der Waals surface area contributed by atoms with Crippen LogP contribution in [0.2, 0.25) is 5.02 Å². The zero-order valence-corrected chi connectivity index (χ0v) is 14.2. The lowest BCUT2D eigenvalue weighted by Crippen LogP contribution is -2.34. The SMILES string of the molecule is O=C(NC(=S)Nc1ccc(F)cc1)c1cc(I)ccc1Cl. The number of thiocarbonyl (C=S) groups is 1. The lowest BCUT2D eigenvalue weighted by molar-refractivity contribution is 0.0978. The van der Waals surface area contributed by atoms with E-state index in [1.807, 2.05) is 0 Å². The average molecular weight is 435 g/mol. The average Bonchev–Trinajstić information content (AvgIpc) is 2.44. The summed E-state index contributed by atoms with van der Waals surface area (Å²) in [5.74, 6) is -0.751. The van der Waals surface area contributed by atoms with E-state index in [0.717, 1.165) is 3.57 Å². The van der Waals surface area contributed by atoms with Gasteiger partial charge in [0.25, 0.3) is 5.91 Å². The van der Waals surface area contributed by atoms with E-state index in [4.69, 9.17) is 23.8 Å². The number of benzene rings is 2. The molecule has 0 atom stereocenters. The van der Waals surface area contributed by atoms with Crippen molar-refractivity contribution in [3.05, 3.63) is 62.4 Å². The monoisotopic (exact) mass is 434 g/mol. The molecule has 0 unspecified atom stereocenters. The highest BCUT2D eigenvalue weighted by Gasteiger charge is 2.12. The Morgan fingerprint density at radius 2 is 1.86 bits per heavy atom. The molecule has 7 heteroatoms. The van der Waals surface area contributed by atoms with Crippen LogP contribution in [0.1, 0.15) is 10.4 Å². The van der Waals surface area contributed by atoms with Gasteiger partial charge in [0.1, 0.15) is 5.82 Å². The molecule has 2 rings (SSSR count). The topological polar surface area (TPSA) is 41.1 Å². The second-order valence-corrected chi connectivity index (χ2v) is 6.10. The summed E-state index contributed by atoms with van der Waals surface area (Å²) in [6.07, 6.45) is 0. The Bertz CT molecular complexity index is 694. The van der Waals surface area contributed by atoms with Crippen LogP contribution in [-0.2, 0) is 0 Å².